The summed E-state index contributed by atoms with van der Waals surface area (Å²) in [5.41, 5.74) is 3.61. The lowest BCUT2D eigenvalue weighted by molar-refractivity contribution is 0.0730. The summed E-state index contributed by atoms with van der Waals surface area (Å²) in [6, 6.07) is 13.1. The highest BCUT2D eigenvalue weighted by Gasteiger charge is 2.27. The van der Waals surface area contributed by atoms with Crippen molar-refractivity contribution >= 4 is 15.9 Å². The van der Waals surface area contributed by atoms with Crippen molar-refractivity contribution in [1.29, 1.82) is 0 Å². The van der Waals surface area contributed by atoms with Crippen LogP contribution in [0.25, 0.3) is 0 Å². The first-order chi connectivity index (χ1) is 13.9. The van der Waals surface area contributed by atoms with Gasteiger partial charge in [0.15, 0.2) is 0 Å². The summed E-state index contributed by atoms with van der Waals surface area (Å²) in [5, 5.41) is 2.91. The van der Waals surface area contributed by atoms with Crippen molar-refractivity contribution in [2.24, 2.45) is 0 Å². The van der Waals surface area contributed by atoms with E-state index in [1.807, 2.05) is 6.92 Å². The topological polar surface area (TPSA) is 75.7 Å². The smallest absolute Gasteiger partial charge is 0.251 e. The minimum Gasteiger partial charge on any atom is -0.379 e. The van der Waals surface area contributed by atoms with Gasteiger partial charge in [-0.25, -0.2) is 8.42 Å². The number of morpholine rings is 1. The zero-order chi connectivity index (χ0) is 20.9. The SMILES string of the molecule is Cc1ccc(CCCNC(=O)c2cc(S(=O)(=O)N3CCOCC3)ccc2C)cc1. The Morgan fingerprint density at radius 2 is 1.76 bits per heavy atom. The molecule has 29 heavy (non-hydrogen) atoms. The van der Waals surface area contributed by atoms with Gasteiger partial charge < -0.3 is 10.1 Å². The van der Waals surface area contributed by atoms with Gasteiger partial charge in [-0.1, -0.05) is 35.9 Å². The van der Waals surface area contributed by atoms with E-state index in [2.05, 4.69) is 36.5 Å². The molecule has 0 saturated carbocycles. The van der Waals surface area contributed by atoms with E-state index in [-0.39, 0.29) is 10.8 Å². The Morgan fingerprint density at radius 1 is 1.07 bits per heavy atom. The Morgan fingerprint density at radius 3 is 2.45 bits per heavy atom. The molecular weight excluding hydrogens is 388 g/mol. The molecule has 0 spiro atoms. The van der Waals surface area contributed by atoms with E-state index in [9.17, 15) is 13.2 Å². The molecular formula is C22H28N2O4S. The van der Waals surface area contributed by atoms with Crippen molar-refractivity contribution in [2.75, 3.05) is 32.8 Å². The van der Waals surface area contributed by atoms with Gasteiger partial charge in [0.05, 0.1) is 18.1 Å². The molecule has 0 aliphatic carbocycles. The number of nitrogens with zero attached hydrogens (tertiary/aromatic N) is 1. The van der Waals surface area contributed by atoms with Gasteiger partial charge in [-0.15, -0.1) is 0 Å². The molecule has 0 atom stereocenters. The standard InChI is InChI=1S/C22H28N2O4S/c1-17-5-8-19(9-6-17)4-3-11-23-22(25)21-16-20(10-7-18(21)2)29(26,27)24-12-14-28-15-13-24/h5-10,16H,3-4,11-15H2,1-2H3,(H,23,25). The average Bonchev–Trinajstić information content (AvgIpc) is 2.73. The third kappa shape index (κ3) is 5.44. The maximum Gasteiger partial charge on any atom is 0.251 e. The molecule has 2 aromatic rings. The monoisotopic (exact) mass is 416 g/mol. The number of carbonyl (C=O) groups excluding carboxylic acids is 1. The number of aryl methyl sites for hydroxylation is 3. The zero-order valence-electron chi connectivity index (χ0n) is 17.0. The summed E-state index contributed by atoms with van der Waals surface area (Å²) in [4.78, 5) is 12.8. The van der Waals surface area contributed by atoms with Crippen LogP contribution in [-0.2, 0) is 21.2 Å². The fourth-order valence-electron chi connectivity index (χ4n) is 3.29. The van der Waals surface area contributed by atoms with E-state index < -0.39 is 10.0 Å². The zero-order valence-corrected chi connectivity index (χ0v) is 17.8. The molecule has 156 valence electrons. The van der Waals surface area contributed by atoms with Crippen LogP contribution in [0.5, 0.6) is 0 Å². The molecule has 1 fully saturated rings. The number of rotatable bonds is 7. The highest BCUT2D eigenvalue weighted by atomic mass is 32.2. The van der Waals surface area contributed by atoms with Crippen LogP contribution in [0.3, 0.4) is 0 Å². The van der Waals surface area contributed by atoms with Gasteiger partial charge in [0.2, 0.25) is 10.0 Å². The highest BCUT2D eigenvalue weighted by molar-refractivity contribution is 7.89. The summed E-state index contributed by atoms with van der Waals surface area (Å²) < 4.78 is 32.3. The number of sulfonamides is 1. The minimum absolute atomic E-state index is 0.148. The lowest BCUT2D eigenvalue weighted by Crippen LogP contribution is -2.40. The molecule has 1 aliphatic heterocycles. The predicted octanol–water partition coefficient (Wildman–Crippen LogP) is 2.69. The second-order valence-electron chi connectivity index (χ2n) is 7.34. The van der Waals surface area contributed by atoms with Crippen LogP contribution < -0.4 is 5.32 Å². The lowest BCUT2D eigenvalue weighted by atomic mass is 10.1. The first-order valence-corrected chi connectivity index (χ1v) is 11.3. The van der Waals surface area contributed by atoms with Crippen molar-refractivity contribution in [3.63, 3.8) is 0 Å². The summed E-state index contributed by atoms with van der Waals surface area (Å²) in [6.07, 6.45) is 1.70. The number of nitrogens with one attached hydrogen (secondary N) is 1. The van der Waals surface area contributed by atoms with Crippen LogP contribution in [0.15, 0.2) is 47.4 Å². The Labute approximate surface area is 172 Å². The Balaban J connectivity index is 1.62. The van der Waals surface area contributed by atoms with Crippen LogP contribution in [-0.4, -0.2) is 51.5 Å². The van der Waals surface area contributed by atoms with Crippen molar-refractivity contribution in [3.8, 4) is 0 Å². The van der Waals surface area contributed by atoms with Crippen LogP contribution in [0.2, 0.25) is 0 Å². The Bertz CT molecular complexity index is 949. The van der Waals surface area contributed by atoms with E-state index in [1.165, 1.54) is 21.5 Å². The molecule has 0 unspecified atom stereocenters. The molecule has 2 aromatic carbocycles. The lowest BCUT2D eigenvalue weighted by Gasteiger charge is -2.26. The molecule has 0 aromatic heterocycles. The van der Waals surface area contributed by atoms with Gasteiger partial charge in [-0.05, 0) is 49.9 Å². The maximum atomic E-state index is 12.9. The van der Waals surface area contributed by atoms with Crippen LogP contribution in [0.4, 0.5) is 0 Å². The number of benzene rings is 2. The molecule has 1 heterocycles. The third-order valence-electron chi connectivity index (χ3n) is 5.11. The van der Waals surface area contributed by atoms with Gasteiger partial charge in [0.25, 0.3) is 5.91 Å². The summed E-state index contributed by atoms with van der Waals surface area (Å²) >= 11 is 0. The van der Waals surface area contributed by atoms with E-state index >= 15 is 0 Å². The van der Waals surface area contributed by atoms with E-state index in [0.717, 1.165) is 18.4 Å². The summed E-state index contributed by atoms with van der Waals surface area (Å²) in [6.45, 7) is 5.84. The number of hydrogen-bond acceptors (Lipinski definition) is 4. The van der Waals surface area contributed by atoms with Crippen LogP contribution >= 0.6 is 0 Å². The molecule has 3 rings (SSSR count). The first-order valence-electron chi connectivity index (χ1n) is 9.90. The quantitative estimate of drug-likeness (QED) is 0.704. The molecule has 0 bridgehead atoms. The predicted molar refractivity (Wildman–Crippen MR) is 113 cm³/mol. The minimum atomic E-state index is -3.63. The van der Waals surface area contributed by atoms with Crippen molar-refractivity contribution in [2.45, 2.75) is 31.6 Å². The van der Waals surface area contributed by atoms with Crippen LogP contribution in [0, 0.1) is 13.8 Å². The average molecular weight is 417 g/mol. The molecule has 6 nitrogen and oxygen atoms in total. The second kappa shape index (κ2) is 9.52. The van der Waals surface area contributed by atoms with Crippen LogP contribution in [0.1, 0.15) is 33.5 Å². The van der Waals surface area contributed by atoms with E-state index in [0.29, 0.717) is 38.4 Å². The van der Waals surface area contributed by atoms with Crippen molar-refractivity contribution in [1.82, 2.24) is 9.62 Å². The number of amides is 1. The normalized spacial score (nSPS) is 15.2. The second-order valence-corrected chi connectivity index (χ2v) is 9.28. The fourth-order valence-corrected chi connectivity index (χ4v) is 4.72. The Kier molecular flexibility index (Phi) is 7.05. The first kappa shape index (κ1) is 21.5. The largest absolute Gasteiger partial charge is 0.379 e. The highest BCUT2D eigenvalue weighted by Crippen LogP contribution is 2.20. The summed E-state index contributed by atoms with van der Waals surface area (Å²) in [7, 11) is -3.63. The third-order valence-corrected chi connectivity index (χ3v) is 7.00. The van der Waals surface area contributed by atoms with Gasteiger partial charge in [0.1, 0.15) is 0 Å². The van der Waals surface area contributed by atoms with Gasteiger partial charge in [-0.3, -0.25) is 4.79 Å². The molecule has 7 heteroatoms. The molecule has 1 aliphatic rings. The number of hydrogen-bond donors (Lipinski definition) is 1. The molecule has 1 amide bonds. The Hall–Kier alpha value is -2.22. The molecule has 1 N–H and O–H groups in total. The van der Waals surface area contributed by atoms with E-state index in [4.69, 9.17) is 4.74 Å². The molecule has 0 radical (unpaired) electrons. The van der Waals surface area contributed by atoms with Gasteiger partial charge in [-0.2, -0.15) is 4.31 Å². The number of ether oxygens (including phenoxy) is 1. The van der Waals surface area contributed by atoms with Gasteiger partial charge in [0, 0.05) is 25.2 Å². The van der Waals surface area contributed by atoms with Crippen molar-refractivity contribution < 1.29 is 17.9 Å². The fraction of sp³-hybridized carbons (Fsp3) is 0.409. The van der Waals surface area contributed by atoms with Crippen molar-refractivity contribution in [3.05, 3.63) is 64.7 Å². The van der Waals surface area contributed by atoms with Gasteiger partial charge >= 0.3 is 0 Å². The van der Waals surface area contributed by atoms with E-state index in [1.54, 1.807) is 12.1 Å². The maximum absolute atomic E-state index is 12.9. The molecule has 1 saturated heterocycles. The number of carbonyl (C=O) groups is 1. The summed E-state index contributed by atoms with van der Waals surface area (Å²) in [5.74, 6) is -0.245.